The first-order chi connectivity index (χ1) is 15.8. The Morgan fingerprint density at radius 2 is 1.55 bits per heavy atom. The van der Waals surface area contributed by atoms with Crippen LogP contribution < -0.4 is 15.4 Å². The molecule has 3 aromatic rings. The van der Waals surface area contributed by atoms with Gasteiger partial charge in [0.15, 0.2) is 0 Å². The van der Waals surface area contributed by atoms with Crippen molar-refractivity contribution in [2.24, 2.45) is 0 Å². The topological polar surface area (TPSA) is 53.6 Å². The lowest BCUT2D eigenvalue weighted by molar-refractivity contribution is -0.138. The molecule has 1 atom stereocenters. The summed E-state index contributed by atoms with van der Waals surface area (Å²) >= 11 is 0. The summed E-state index contributed by atoms with van der Waals surface area (Å²) < 4.78 is 45.5. The van der Waals surface area contributed by atoms with E-state index in [1.54, 1.807) is 42.2 Å². The molecule has 4 rings (SSSR count). The maximum Gasteiger partial charge on any atom is 0.416 e. The number of carbonyl (C=O) groups is 1. The number of nitrogens with zero attached hydrogens (tertiary/aromatic N) is 1. The van der Waals surface area contributed by atoms with Gasteiger partial charge >= 0.3 is 12.2 Å². The van der Waals surface area contributed by atoms with Crippen LogP contribution in [0.5, 0.6) is 11.5 Å². The van der Waals surface area contributed by atoms with Gasteiger partial charge in [-0.15, -0.1) is 0 Å². The van der Waals surface area contributed by atoms with Crippen molar-refractivity contribution in [3.8, 4) is 11.5 Å². The van der Waals surface area contributed by atoms with Crippen molar-refractivity contribution in [2.45, 2.75) is 25.2 Å². The Kier molecular flexibility index (Phi) is 6.55. The molecule has 1 unspecified atom stereocenters. The first kappa shape index (κ1) is 22.7. The standard InChI is InChI=1S/C25H24F3N3O2/c1-17(22-9-5-6-10-23(22)25(26,27)28)29-19-15-31(16-19)24(32)30-18-11-13-21(14-12-18)33-20-7-3-2-4-8-20/h2-14,17,19,29H,15-16H2,1H3,(H,30,32). The Morgan fingerprint density at radius 3 is 2.21 bits per heavy atom. The Balaban J connectivity index is 1.26. The normalized spacial score (nSPS) is 15.0. The number of amides is 2. The predicted molar refractivity (Wildman–Crippen MR) is 120 cm³/mol. The largest absolute Gasteiger partial charge is 0.457 e. The molecule has 0 aliphatic carbocycles. The summed E-state index contributed by atoms with van der Waals surface area (Å²) in [6, 6.07) is 21.1. The number of hydrogen-bond donors (Lipinski definition) is 2. The molecule has 1 aliphatic rings. The Bertz CT molecular complexity index is 1080. The maximum absolute atomic E-state index is 13.3. The summed E-state index contributed by atoms with van der Waals surface area (Å²) in [5.74, 6) is 1.38. The van der Waals surface area contributed by atoms with Crippen LogP contribution in [-0.2, 0) is 6.18 Å². The molecule has 0 radical (unpaired) electrons. The second-order valence-electron chi connectivity index (χ2n) is 7.94. The van der Waals surface area contributed by atoms with E-state index in [1.807, 2.05) is 30.3 Å². The fourth-order valence-electron chi connectivity index (χ4n) is 3.76. The minimum absolute atomic E-state index is 0.0753. The summed E-state index contributed by atoms with van der Waals surface area (Å²) in [5, 5.41) is 6.01. The zero-order chi connectivity index (χ0) is 23.4. The number of rotatable bonds is 6. The average molecular weight is 455 g/mol. The molecule has 2 amide bonds. The number of nitrogens with one attached hydrogen (secondary N) is 2. The Morgan fingerprint density at radius 1 is 0.939 bits per heavy atom. The van der Waals surface area contributed by atoms with Crippen molar-refractivity contribution in [3.63, 3.8) is 0 Å². The van der Waals surface area contributed by atoms with Gasteiger partial charge in [0.2, 0.25) is 0 Å². The SMILES string of the molecule is CC(NC1CN(C(=O)Nc2ccc(Oc3ccccc3)cc2)C1)c1ccccc1C(F)(F)F. The lowest BCUT2D eigenvalue weighted by Gasteiger charge is -2.41. The number of alkyl halides is 3. The molecular formula is C25H24F3N3O2. The molecule has 5 nitrogen and oxygen atoms in total. The van der Waals surface area contributed by atoms with E-state index < -0.39 is 17.8 Å². The summed E-state index contributed by atoms with van der Waals surface area (Å²) in [6.45, 7) is 2.53. The lowest BCUT2D eigenvalue weighted by Crippen LogP contribution is -2.61. The van der Waals surface area contributed by atoms with Gasteiger partial charge < -0.3 is 20.3 Å². The third-order valence-corrected chi connectivity index (χ3v) is 5.47. The zero-order valence-corrected chi connectivity index (χ0v) is 18.0. The minimum Gasteiger partial charge on any atom is -0.457 e. The van der Waals surface area contributed by atoms with E-state index in [0.717, 1.165) is 11.8 Å². The molecule has 0 saturated carbocycles. The molecule has 8 heteroatoms. The molecule has 1 heterocycles. The van der Waals surface area contributed by atoms with E-state index in [-0.39, 0.29) is 17.6 Å². The molecule has 0 aromatic heterocycles. The Hall–Kier alpha value is -3.52. The number of para-hydroxylation sites is 1. The van der Waals surface area contributed by atoms with Crippen LogP contribution in [0.4, 0.5) is 23.7 Å². The number of benzene rings is 3. The van der Waals surface area contributed by atoms with Crippen LogP contribution in [0.2, 0.25) is 0 Å². The summed E-state index contributed by atoms with van der Waals surface area (Å²) in [7, 11) is 0. The number of hydrogen-bond acceptors (Lipinski definition) is 3. The van der Waals surface area contributed by atoms with Crippen LogP contribution in [0.3, 0.4) is 0 Å². The van der Waals surface area contributed by atoms with Crippen molar-refractivity contribution >= 4 is 11.7 Å². The first-order valence-corrected chi connectivity index (χ1v) is 10.6. The molecule has 1 aliphatic heterocycles. The lowest BCUT2D eigenvalue weighted by atomic mass is 9.99. The predicted octanol–water partition coefficient (Wildman–Crippen LogP) is 6.06. The van der Waals surface area contributed by atoms with E-state index in [0.29, 0.717) is 24.5 Å². The number of urea groups is 1. The highest BCUT2D eigenvalue weighted by Crippen LogP contribution is 2.34. The molecule has 1 saturated heterocycles. The van der Waals surface area contributed by atoms with E-state index >= 15 is 0 Å². The highest BCUT2D eigenvalue weighted by molar-refractivity contribution is 5.90. The van der Waals surface area contributed by atoms with Crippen molar-refractivity contribution in [3.05, 3.63) is 90.0 Å². The van der Waals surface area contributed by atoms with Gasteiger partial charge in [0.1, 0.15) is 11.5 Å². The van der Waals surface area contributed by atoms with Gasteiger partial charge in [-0.2, -0.15) is 13.2 Å². The molecule has 0 spiro atoms. The zero-order valence-electron chi connectivity index (χ0n) is 18.0. The monoisotopic (exact) mass is 455 g/mol. The number of halogens is 3. The smallest absolute Gasteiger partial charge is 0.416 e. The second-order valence-corrected chi connectivity index (χ2v) is 7.94. The van der Waals surface area contributed by atoms with E-state index in [2.05, 4.69) is 10.6 Å². The number of carbonyl (C=O) groups excluding carboxylic acids is 1. The van der Waals surface area contributed by atoms with Crippen LogP contribution in [0.15, 0.2) is 78.9 Å². The van der Waals surface area contributed by atoms with Crippen molar-refractivity contribution in [2.75, 3.05) is 18.4 Å². The number of ether oxygens (including phenoxy) is 1. The van der Waals surface area contributed by atoms with Gasteiger partial charge in [-0.3, -0.25) is 0 Å². The van der Waals surface area contributed by atoms with E-state index in [9.17, 15) is 18.0 Å². The van der Waals surface area contributed by atoms with E-state index in [1.165, 1.54) is 12.1 Å². The molecule has 3 aromatic carbocycles. The van der Waals surface area contributed by atoms with Gasteiger partial charge in [0.05, 0.1) is 5.56 Å². The third kappa shape index (κ3) is 5.64. The van der Waals surface area contributed by atoms with E-state index in [4.69, 9.17) is 4.74 Å². The Labute approximate surface area is 190 Å². The summed E-state index contributed by atoms with van der Waals surface area (Å²) in [5.41, 5.74) is 0.189. The fourth-order valence-corrected chi connectivity index (χ4v) is 3.76. The first-order valence-electron chi connectivity index (χ1n) is 10.6. The molecular weight excluding hydrogens is 431 g/mol. The molecule has 0 bridgehead atoms. The van der Waals surface area contributed by atoms with Crippen LogP contribution in [0.25, 0.3) is 0 Å². The van der Waals surface area contributed by atoms with Crippen molar-refractivity contribution in [1.29, 1.82) is 0 Å². The molecule has 33 heavy (non-hydrogen) atoms. The number of anilines is 1. The fraction of sp³-hybridized carbons (Fsp3) is 0.240. The summed E-state index contributed by atoms with van der Waals surface area (Å²) in [6.07, 6.45) is -4.40. The second kappa shape index (κ2) is 9.54. The van der Waals surface area contributed by atoms with Gasteiger partial charge in [0.25, 0.3) is 0 Å². The number of likely N-dealkylation sites (tertiary alicyclic amines) is 1. The maximum atomic E-state index is 13.3. The van der Waals surface area contributed by atoms with Crippen LogP contribution >= 0.6 is 0 Å². The molecule has 172 valence electrons. The van der Waals surface area contributed by atoms with Gasteiger partial charge in [-0.1, -0.05) is 36.4 Å². The molecule has 1 fully saturated rings. The minimum atomic E-state index is -4.40. The average Bonchev–Trinajstić information content (AvgIpc) is 2.77. The van der Waals surface area contributed by atoms with Crippen LogP contribution in [0.1, 0.15) is 24.1 Å². The van der Waals surface area contributed by atoms with Gasteiger partial charge in [-0.25, -0.2) is 4.79 Å². The highest BCUT2D eigenvalue weighted by atomic mass is 19.4. The van der Waals surface area contributed by atoms with Gasteiger partial charge in [-0.05, 0) is 55.0 Å². The third-order valence-electron chi connectivity index (χ3n) is 5.47. The quantitative estimate of drug-likeness (QED) is 0.475. The molecule has 2 N–H and O–H groups in total. The highest BCUT2D eigenvalue weighted by Gasteiger charge is 2.36. The van der Waals surface area contributed by atoms with Gasteiger partial charge in [0, 0.05) is 30.9 Å². The van der Waals surface area contributed by atoms with Crippen molar-refractivity contribution < 1.29 is 22.7 Å². The van der Waals surface area contributed by atoms with Crippen LogP contribution in [-0.4, -0.2) is 30.1 Å². The summed E-state index contributed by atoms with van der Waals surface area (Å²) in [4.78, 5) is 14.1. The van der Waals surface area contributed by atoms with Crippen molar-refractivity contribution in [1.82, 2.24) is 10.2 Å². The van der Waals surface area contributed by atoms with Crippen LogP contribution in [0, 0.1) is 0 Å².